The van der Waals surface area contributed by atoms with Crippen LogP contribution in [0.15, 0.2) is 85.1 Å². The van der Waals surface area contributed by atoms with Gasteiger partial charge in [-0.3, -0.25) is 10.3 Å². The van der Waals surface area contributed by atoms with Gasteiger partial charge in [-0.15, -0.1) is 0 Å². The Balaban J connectivity index is 1.67. The van der Waals surface area contributed by atoms with Gasteiger partial charge in [0.05, 0.1) is 13.2 Å². The number of hydroxylamine groups is 1. The normalized spacial score (nSPS) is 12.0. The molecule has 1 atom stereocenters. The summed E-state index contributed by atoms with van der Waals surface area (Å²) in [6.45, 7) is 6.99. The van der Waals surface area contributed by atoms with Crippen LogP contribution in [0.25, 0.3) is 5.70 Å². The van der Waals surface area contributed by atoms with Gasteiger partial charge >= 0.3 is 5.97 Å². The lowest BCUT2D eigenvalue weighted by Gasteiger charge is -2.16. The standard InChI is InChI=1S/C30H35NO6/c1-4-20-36-31-28(24-14-18-27(19-15-24)37-26-10-8-7-9-11-26)22-35-25-16-12-23(13-17-25)21-29(33-5-2)30(32)34-6-3/h7-19,22,29,31H,4-6,20-21H2,1-3H3. The van der Waals surface area contributed by atoms with Gasteiger partial charge in [0.25, 0.3) is 0 Å². The minimum absolute atomic E-state index is 0.322. The fraction of sp³-hybridized carbons (Fsp3) is 0.300. The van der Waals surface area contributed by atoms with Gasteiger partial charge in [-0.1, -0.05) is 37.3 Å². The van der Waals surface area contributed by atoms with Crippen LogP contribution in [0, 0.1) is 0 Å². The van der Waals surface area contributed by atoms with E-state index in [9.17, 15) is 4.79 Å². The van der Waals surface area contributed by atoms with Crippen LogP contribution >= 0.6 is 0 Å². The highest BCUT2D eigenvalue weighted by Crippen LogP contribution is 2.24. The minimum atomic E-state index is -0.628. The highest BCUT2D eigenvalue weighted by atomic mass is 16.6. The van der Waals surface area contributed by atoms with Gasteiger partial charge in [-0.05, 0) is 74.4 Å². The van der Waals surface area contributed by atoms with Crippen LogP contribution in [0.2, 0.25) is 0 Å². The molecule has 0 saturated carbocycles. The second kappa shape index (κ2) is 15.3. The highest BCUT2D eigenvalue weighted by Gasteiger charge is 2.20. The number of hydrogen-bond donors (Lipinski definition) is 1. The van der Waals surface area contributed by atoms with Gasteiger partial charge in [0.1, 0.15) is 29.2 Å². The number of para-hydroxylation sites is 1. The van der Waals surface area contributed by atoms with Crippen molar-refractivity contribution in [3.05, 3.63) is 96.3 Å². The van der Waals surface area contributed by atoms with Crippen LogP contribution in [-0.2, 0) is 25.5 Å². The lowest BCUT2D eigenvalue weighted by Crippen LogP contribution is -2.28. The molecule has 1 unspecified atom stereocenters. The third-order valence-corrected chi connectivity index (χ3v) is 5.21. The van der Waals surface area contributed by atoms with Crippen LogP contribution < -0.4 is 15.0 Å². The van der Waals surface area contributed by atoms with Crippen molar-refractivity contribution in [2.75, 3.05) is 19.8 Å². The van der Waals surface area contributed by atoms with Crippen molar-refractivity contribution >= 4 is 11.7 Å². The predicted octanol–water partition coefficient (Wildman–Crippen LogP) is 6.30. The largest absolute Gasteiger partial charge is 0.464 e. The average molecular weight is 506 g/mol. The van der Waals surface area contributed by atoms with E-state index in [0.29, 0.717) is 37.7 Å². The Morgan fingerprint density at radius 3 is 2.16 bits per heavy atom. The number of benzene rings is 3. The zero-order valence-corrected chi connectivity index (χ0v) is 21.6. The Hall–Kier alpha value is -3.81. The Bertz CT molecular complexity index is 1100. The maximum Gasteiger partial charge on any atom is 0.335 e. The van der Waals surface area contributed by atoms with Gasteiger partial charge in [0.15, 0.2) is 6.10 Å². The van der Waals surface area contributed by atoms with E-state index >= 15 is 0 Å². The fourth-order valence-corrected chi connectivity index (χ4v) is 3.40. The summed E-state index contributed by atoms with van der Waals surface area (Å²) in [5.74, 6) is 1.80. The minimum Gasteiger partial charge on any atom is -0.464 e. The van der Waals surface area contributed by atoms with Gasteiger partial charge in [-0.2, -0.15) is 0 Å². The molecule has 0 spiro atoms. The Morgan fingerprint density at radius 2 is 1.51 bits per heavy atom. The first-order chi connectivity index (χ1) is 18.1. The van der Waals surface area contributed by atoms with Gasteiger partial charge < -0.3 is 18.9 Å². The number of ether oxygens (including phenoxy) is 4. The summed E-state index contributed by atoms with van der Waals surface area (Å²) in [4.78, 5) is 17.7. The van der Waals surface area contributed by atoms with E-state index < -0.39 is 6.10 Å². The summed E-state index contributed by atoms with van der Waals surface area (Å²) in [6.07, 6.45) is 2.29. The summed E-state index contributed by atoms with van der Waals surface area (Å²) in [6, 6.07) is 24.8. The fourth-order valence-electron chi connectivity index (χ4n) is 3.40. The molecule has 0 fully saturated rings. The molecule has 196 valence electrons. The lowest BCUT2D eigenvalue weighted by atomic mass is 10.1. The van der Waals surface area contributed by atoms with Gasteiger partial charge in [0.2, 0.25) is 0 Å². The van der Waals surface area contributed by atoms with E-state index in [2.05, 4.69) is 5.48 Å². The Morgan fingerprint density at radius 1 is 0.838 bits per heavy atom. The third-order valence-electron chi connectivity index (χ3n) is 5.21. The number of rotatable bonds is 15. The highest BCUT2D eigenvalue weighted by molar-refractivity contribution is 5.75. The van der Waals surface area contributed by atoms with Crippen LogP contribution in [0.3, 0.4) is 0 Å². The molecule has 0 aromatic heterocycles. The second-order valence-corrected chi connectivity index (χ2v) is 8.08. The monoisotopic (exact) mass is 505 g/mol. The SMILES string of the molecule is CCCONC(=COc1ccc(CC(OCC)C(=O)OCC)cc1)c1ccc(Oc2ccccc2)cc1. The van der Waals surface area contributed by atoms with Crippen LogP contribution in [0.5, 0.6) is 17.2 Å². The molecule has 0 saturated heterocycles. The maximum atomic E-state index is 12.1. The molecule has 3 aromatic carbocycles. The Kier molecular flexibility index (Phi) is 11.5. The molecule has 7 heteroatoms. The topological polar surface area (TPSA) is 75.2 Å². The van der Waals surface area contributed by atoms with Crippen molar-refractivity contribution < 1.29 is 28.6 Å². The summed E-state index contributed by atoms with van der Waals surface area (Å²) < 4.78 is 22.5. The van der Waals surface area contributed by atoms with Crippen molar-refractivity contribution in [2.45, 2.75) is 39.7 Å². The smallest absolute Gasteiger partial charge is 0.335 e. The zero-order valence-electron chi connectivity index (χ0n) is 21.6. The number of carbonyl (C=O) groups excluding carboxylic acids is 1. The van der Waals surface area contributed by atoms with E-state index in [-0.39, 0.29) is 5.97 Å². The summed E-state index contributed by atoms with van der Waals surface area (Å²) in [7, 11) is 0. The molecule has 0 radical (unpaired) electrons. The molecule has 3 aromatic rings. The van der Waals surface area contributed by atoms with Crippen molar-refractivity contribution in [1.82, 2.24) is 5.48 Å². The Labute approximate surface area is 218 Å². The molecule has 0 amide bonds. The molecular weight excluding hydrogens is 470 g/mol. The molecule has 0 aliphatic heterocycles. The summed E-state index contributed by atoms with van der Waals surface area (Å²) in [5, 5.41) is 0. The number of hydrogen-bond acceptors (Lipinski definition) is 7. The predicted molar refractivity (Wildman–Crippen MR) is 143 cm³/mol. The summed E-state index contributed by atoms with van der Waals surface area (Å²) in [5.41, 5.74) is 5.47. The molecular formula is C30H35NO6. The van der Waals surface area contributed by atoms with Crippen molar-refractivity contribution in [1.29, 1.82) is 0 Å². The summed E-state index contributed by atoms with van der Waals surface area (Å²) >= 11 is 0. The first-order valence-corrected chi connectivity index (χ1v) is 12.6. The molecule has 37 heavy (non-hydrogen) atoms. The van der Waals surface area contributed by atoms with E-state index in [1.54, 1.807) is 13.2 Å². The van der Waals surface area contributed by atoms with Crippen LogP contribution in [-0.4, -0.2) is 31.9 Å². The molecule has 0 aliphatic rings. The lowest BCUT2D eigenvalue weighted by molar-refractivity contribution is -0.156. The molecule has 0 heterocycles. The van der Waals surface area contributed by atoms with E-state index in [0.717, 1.165) is 29.0 Å². The van der Waals surface area contributed by atoms with Crippen molar-refractivity contribution in [2.24, 2.45) is 0 Å². The van der Waals surface area contributed by atoms with Gasteiger partial charge in [0, 0.05) is 18.6 Å². The zero-order chi connectivity index (χ0) is 26.3. The quantitative estimate of drug-likeness (QED) is 0.112. The van der Waals surface area contributed by atoms with E-state index in [4.69, 9.17) is 23.8 Å². The number of carbonyl (C=O) groups is 1. The number of esters is 1. The third kappa shape index (κ3) is 9.29. The number of nitrogens with one attached hydrogen (secondary N) is 1. The first-order valence-electron chi connectivity index (χ1n) is 12.6. The average Bonchev–Trinajstić information content (AvgIpc) is 2.92. The molecule has 7 nitrogen and oxygen atoms in total. The van der Waals surface area contributed by atoms with Crippen molar-refractivity contribution in [3.8, 4) is 17.2 Å². The van der Waals surface area contributed by atoms with E-state index in [1.807, 2.05) is 92.7 Å². The first kappa shape index (κ1) is 27.8. The van der Waals surface area contributed by atoms with Crippen LogP contribution in [0.4, 0.5) is 0 Å². The van der Waals surface area contributed by atoms with E-state index in [1.165, 1.54) is 0 Å². The molecule has 0 aliphatic carbocycles. The van der Waals surface area contributed by atoms with Crippen molar-refractivity contribution in [3.63, 3.8) is 0 Å². The molecule has 1 N–H and O–H groups in total. The second-order valence-electron chi connectivity index (χ2n) is 8.08. The maximum absolute atomic E-state index is 12.1. The molecule has 0 bridgehead atoms. The van der Waals surface area contributed by atoms with Crippen LogP contribution in [0.1, 0.15) is 38.3 Å². The molecule has 3 rings (SSSR count). The van der Waals surface area contributed by atoms with Gasteiger partial charge in [-0.25, -0.2) is 4.79 Å².